The van der Waals surface area contributed by atoms with Crippen LogP contribution in [0.25, 0.3) is 11.1 Å². The number of fused-ring (bicyclic) bond motifs is 3. The van der Waals surface area contributed by atoms with Crippen molar-refractivity contribution in [1.82, 2.24) is 0 Å². The summed E-state index contributed by atoms with van der Waals surface area (Å²) in [6.45, 7) is 10.3. The molecule has 41 heavy (non-hydrogen) atoms. The largest absolute Gasteiger partial charge is 0.507 e. The number of rotatable bonds is 5. The minimum Gasteiger partial charge on any atom is -0.507 e. The van der Waals surface area contributed by atoms with Gasteiger partial charge in [0.15, 0.2) is 28.7 Å². The zero-order chi connectivity index (χ0) is 30.2. The lowest BCUT2D eigenvalue weighted by molar-refractivity contribution is -0.205. The molecule has 8 nitrogen and oxygen atoms in total. The van der Waals surface area contributed by atoms with Gasteiger partial charge >= 0.3 is 0 Å². The molecule has 0 aliphatic heterocycles. The highest BCUT2D eigenvalue weighted by molar-refractivity contribution is 6.32. The predicted molar refractivity (Wildman–Crippen MR) is 150 cm³/mol. The lowest BCUT2D eigenvalue weighted by Crippen LogP contribution is -2.76. The van der Waals surface area contributed by atoms with Crippen LogP contribution in [0.1, 0.15) is 63.9 Å². The summed E-state index contributed by atoms with van der Waals surface area (Å²) in [6, 6.07) is 10.5. The van der Waals surface area contributed by atoms with E-state index in [-0.39, 0.29) is 24.2 Å². The number of aliphatic hydroxyl groups is 1. The molecule has 2 saturated carbocycles. The van der Waals surface area contributed by atoms with E-state index in [9.17, 15) is 34.2 Å². The van der Waals surface area contributed by atoms with E-state index in [1.165, 1.54) is 6.07 Å². The van der Waals surface area contributed by atoms with Crippen molar-refractivity contribution in [3.8, 4) is 22.6 Å². The third-order valence-corrected chi connectivity index (χ3v) is 9.74. The average molecular weight is 561 g/mol. The monoisotopic (exact) mass is 560 g/mol. The molecule has 6 atom stereocenters. The fourth-order valence-corrected chi connectivity index (χ4v) is 8.36. The van der Waals surface area contributed by atoms with E-state index in [1.807, 2.05) is 31.2 Å². The van der Waals surface area contributed by atoms with E-state index >= 15 is 0 Å². The van der Waals surface area contributed by atoms with Gasteiger partial charge in [-0.25, -0.2) is 0 Å². The Hall–Kier alpha value is -3.65. The summed E-state index contributed by atoms with van der Waals surface area (Å²) in [4.78, 5) is 68.6. The molecule has 0 saturated heterocycles. The highest BCUT2D eigenvalue weighted by atomic mass is 16.5. The summed E-state index contributed by atoms with van der Waals surface area (Å²) in [7, 11) is 0. The van der Waals surface area contributed by atoms with Gasteiger partial charge in [-0.3, -0.25) is 24.0 Å². The van der Waals surface area contributed by atoms with E-state index in [4.69, 9.17) is 4.74 Å². The maximum Gasteiger partial charge on any atom is 0.190 e. The summed E-state index contributed by atoms with van der Waals surface area (Å²) in [5, 5.41) is 23.0. The first-order valence-electron chi connectivity index (χ1n) is 14.1. The van der Waals surface area contributed by atoms with Crippen molar-refractivity contribution in [2.24, 2.45) is 34.5 Å². The number of ketones is 5. The number of phenols is 1. The molecule has 2 aromatic carbocycles. The van der Waals surface area contributed by atoms with Gasteiger partial charge in [-0.2, -0.15) is 0 Å². The standard InChI is InChI=1S/C33H36O8/c1-7-41-22-11-9-8-10-19(22)18-12-13-21(35)24-20(18)14-31(5)15-32(6)25(16(2)3)27(36)23(17(4)34)29(38)33(32,40)30(39)26(31)28(24)37/h8-13,16,23,25-26,35,40H,7,14-15H2,1-6H3/t23?,25?,26?,31-,32-,33+/m1/s1. The molecule has 3 unspecified atom stereocenters. The van der Waals surface area contributed by atoms with Crippen molar-refractivity contribution in [3.63, 3.8) is 0 Å². The SMILES string of the molecule is CCOc1ccccc1-c1ccc(O)c2c1C[C@]1(C)C[C@]3(C)C(C(C)C)C(=O)C(C(C)=O)C(=O)[C@]3(O)C(=O)C1C2=O. The van der Waals surface area contributed by atoms with E-state index in [2.05, 4.69) is 0 Å². The zero-order valence-corrected chi connectivity index (χ0v) is 24.2. The molecule has 2 aromatic rings. The predicted octanol–water partition coefficient (Wildman–Crippen LogP) is 4.16. The average Bonchev–Trinajstić information content (AvgIpc) is 2.86. The van der Waals surface area contributed by atoms with Crippen LogP contribution < -0.4 is 4.74 Å². The Labute approximate surface area is 239 Å². The van der Waals surface area contributed by atoms with Crippen LogP contribution in [0.15, 0.2) is 36.4 Å². The van der Waals surface area contributed by atoms with Gasteiger partial charge in [0.2, 0.25) is 0 Å². The molecular weight excluding hydrogens is 524 g/mol. The van der Waals surface area contributed by atoms with Gasteiger partial charge in [0, 0.05) is 16.9 Å². The molecule has 3 aliphatic carbocycles. The first-order valence-corrected chi connectivity index (χ1v) is 14.1. The normalized spacial score (nSPS) is 32.8. The van der Waals surface area contributed by atoms with E-state index < -0.39 is 69.0 Å². The molecule has 0 radical (unpaired) electrons. The maximum absolute atomic E-state index is 14.4. The summed E-state index contributed by atoms with van der Waals surface area (Å²) in [5.74, 6) is -8.46. The quantitative estimate of drug-likeness (QED) is 0.521. The highest BCUT2D eigenvalue weighted by Gasteiger charge is 2.76. The lowest BCUT2D eigenvalue weighted by Gasteiger charge is -2.61. The minimum absolute atomic E-state index is 0.00520. The number of carbonyl (C=O) groups excluding carboxylic acids is 5. The number of phenolic OH excluding ortho intramolecular Hbond substituents is 1. The van der Waals surface area contributed by atoms with Gasteiger partial charge in [0.1, 0.15) is 23.2 Å². The molecule has 2 fully saturated rings. The fourth-order valence-electron chi connectivity index (χ4n) is 8.36. The van der Waals surface area contributed by atoms with E-state index in [1.54, 1.807) is 33.8 Å². The van der Waals surface area contributed by atoms with Crippen molar-refractivity contribution in [2.45, 2.75) is 60.0 Å². The number of hydrogen-bond donors (Lipinski definition) is 2. The number of aromatic hydroxyl groups is 1. The van der Waals surface area contributed by atoms with Gasteiger partial charge in [0.05, 0.1) is 18.1 Å². The topological polar surface area (TPSA) is 135 Å². The highest BCUT2D eigenvalue weighted by Crippen LogP contribution is 2.64. The van der Waals surface area contributed by atoms with Crippen molar-refractivity contribution in [1.29, 1.82) is 0 Å². The second-order valence-corrected chi connectivity index (χ2v) is 12.7. The van der Waals surface area contributed by atoms with E-state index in [0.717, 1.165) is 12.5 Å². The molecule has 0 bridgehead atoms. The Bertz CT molecular complexity index is 1520. The first kappa shape index (κ1) is 28.9. The number of hydrogen-bond acceptors (Lipinski definition) is 8. The molecule has 0 aromatic heterocycles. The van der Waals surface area contributed by atoms with Gasteiger partial charge < -0.3 is 14.9 Å². The Morgan fingerprint density at radius 3 is 2.29 bits per heavy atom. The van der Waals surface area contributed by atoms with Gasteiger partial charge in [-0.1, -0.05) is 52.0 Å². The molecule has 8 heteroatoms. The first-order chi connectivity index (χ1) is 19.2. The van der Waals surface area contributed by atoms with Crippen molar-refractivity contribution in [2.75, 3.05) is 6.61 Å². The summed E-state index contributed by atoms with van der Waals surface area (Å²) in [6.07, 6.45) is 0.176. The second-order valence-electron chi connectivity index (χ2n) is 12.7. The molecule has 216 valence electrons. The lowest BCUT2D eigenvalue weighted by atomic mass is 9.40. The number of carbonyl (C=O) groups is 5. The molecule has 0 heterocycles. The summed E-state index contributed by atoms with van der Waals surface area (Å²) in [5.41, 5.74) is -3.46. The minimum atomic E-state index is -2.71. The van der Waals surface area contributed by atoms with Gasteiger partial charge in [-0.15, -0.1) is 0 Å². The molecular formula is C33H36O8. The molecule has 2 N–H and O–H groups in total. The second kappa shape index (κ2) is 9.44. The molecule has 0 spiro atoms. The third-order valence-electron chi connectivity index (χ3n) is 9.74. The number of benzene rings is 2. The Morgan fingerprint density at radius 1 is 1.02 bits per heavy atom. The van der Waals surface area contributed by atoms with Crippen molar-refractivity contribution < 1.29 is 38.9 Å². The molecule has 0 amide bonds. The number of para-hydroxylation sites is 1. The van der Waals surface area contributed by atoms with Crippen LogP contribution in [0.2, 0.25) is 0 Å². The van der Waals surface area contributed by atoms with Gasteiger partial charge in [0.25, 0.3) is 0 Å². The third kappa shape index (κ3) is 3.72. The Kier molecular flexibility index (Phi) is 6.65. The van der Waals surface area contributed by atoms with Crippen molar-refractivity contribution in [3.05, 3.63) is 47.5 Å². The van der Waals surface area contributed by atoms with Crippen molar-refractivity contribution >= 4 is 28.9 Å². The van der Waals surface area contributed by atoms with Crippen LogP contribution >= 0.6 is 0 Å². The fraction of sp³-hybridized carbons (Fsp3) is 0.485. The number of Topliss-reactive ketones (excluding diaryl/α,β-unsaturated/α-hetero) is 5. The molecule has 5 rings (SSSR count). The Morgan fingerprint density at radius 2 is 1.68 bits per heavy atom. The van der Waals surface area contributed by atoms with Crippen LogP contribution in [0.3, 0.4) is 0 Å². The van der Waals surface area contributed by atoms with E-state index in [0.29, 0.717) is 23.5 Å². The van der Waals surface area contributed by atoms with Crippen LogP contribution in [-0.4, -0.2) is 51.3 Å². The summed E-state index contributed by atoms with van der Waals surface area (Å²) >= 11 is 0. The summed E-state index contributed by atoms with van der Waals surface area (Å²) < 4.78 is 5.84. The van der Waals surface area contributed by atoms with Gasteiger partial charge in [-0.05, 0) is 61.3 Å². The zero-order valence-electron chi connectivity index (χ0n) is 24.2. The van der Waals surface area contributed by atoms with Crippen LogP contribution in [0.4, 0.5) is 0 Å². The number of ether oxygens (including phenoxy) is 1. The maximum atomic E-state index is 14.4. The van der Waals surface area contributed by atoms with Crippen LogP contribution in [0, 0.1) is 34.5 Å². The van der Waals surface area contributed by atoms with Crippen LogP contribution in [0.5, 0.6) is 11.5 Å². The van der Waals surface area contributed by atoms with Crippen LogP contribution in [-0.2, 0) is 25.6 Å². The molecule has 3 aliphatic rings. The Balaban J connectivity index is 1.75. The smallest absolute Gasteiger partial charge is 0.190 e.